The zero-order chi connectivity index (χ0) is 21.0. The fourth-order valence-corrected chi connectivity index (χ4v) is 3.15. The van der Waals surface area contributed by atoms with Gasteiger partial charge in [0.1, 0.15) is 17.1 Å². The van der Waals surface area contributed by atoms with Crippen LogP contribution in [0.15, 0.2) is 42.6 Å². The third kappa shape index (κ3) is 4.31. The molecule has 0 aliphatic rings. The van der Waals surface area contributed by atoms with Gasteiger partial charge in [0.05, 0.1) is 13.3 Å². The maximum absolute atomic E-state index is 12.7. The van der Waals surface area contributed by atoms with Crippen LogP contribution in [-0.4, -0.2) is 46.4 Å². The van der Waals surface area contributed by atoms with Crippen LogP contribution in [0.25, 0.3) is 5.82 Å². The van der Waals surface area contributed by atoms with E-state index in [9.17, 15) is 9.59 Å². The van der Waals surface area contributed by atoms with Crippen molar-refractivity contribution in [3.05, 3.63) is 65.1 Å². The number of amides is 2. The molecule has 0 fully saturated rings. The predicted octanol–water partition coefficient (Wildman–Crippen LogP) is 2.00. The number of benzene rings is 1. The molecule has 3 aromatic rings. The number of aryl methyl sites for hydroxylation is 3. The number of methoxy groups -OCH3 is 1. The third-order valence-electron chi connectivity index (χ3n) is 4.68. The Bertz CT molecular complexity index is 998. The van der Waals surface area contributed by atoms with Crippen LogP contribution in [0.1, 0.15) is 32.1 Å². The maximum atomic E-state index is 12.7. The van der Waals surface area contributed by atoms with E-state index in [-0.39, 0.29) is 11.8 Å². The van der Waals surface area contributed by atoms with Gasteiger partial charge >= 0.3 is 0 Å². The van der Waals surface area contributed by atoms with Crippen LogP contribution in [0.5, 0.6) is 5.75 Å². The summed E-state index contributed by atoms with van der Waals surface area (Å²) in [7, 11) is 3.38. The van der Waals surface area contributed by atoms with Crippen LogP contribution in [0.3, 0.4) is 0 Å². The number of nitrogens with zero attached hydrogens (tertiary/aromatic N) is 3. The molecule has 8 nitrogen and oxygen atoms in total. The van der Waals surface area contributed by atoms with Crippen LogP contribution < -0.4 is 15.4 Å². The van der Waals surface area contributed by atoms with E-state index in [0.717, 1.165) is 11.4 Å². The van der Waals surface area contributed by atoms with Crippen molar-refractivity contribution < 1.29 is 14.3 Å². The number of hydrogen-bond acceptors (Lipinski definition) is 4. The molecule has 152 valence electrons. The zero-order valence-electron chi connectivity index (χ0n) is 17.0. The fourth-order valence-electron chi connectivity index (χ4n) is 3.15. The Morgan fingerprint density at radius 3 is 2.14 bits per heavy atom. The monoisotopic (exact) mass is 395 g/mol. The second-order valence-electron chi connectivity index (χ2n) is 6.70. The lowest BCUT2D eigenvalue weighted by molar-refractivity contribution is 0.0927. The van der Waals surface area contributed by atoms with Crippen molar-refractivity contribution in [3.8, 4) is 11.6 Å². The van der Waals surface area contributed by atoms with Crippen LogP contribution in [0.2, 0.25) is 0 Å². The van der Waals surface area contributed by atoms with E-state index >= 15 is 0 Å². The number of rotatable bonds is 7. The Morgan fingerprint density at radius 1 is 0.966 bits per heavy atom. The van der Waals surface area contributed by atoms with Crippen molar-refractivity contribution >= 4 is 11.8 Å². The summed E-state index contributed by atoms with van der Waals surface area (Å²) in [5.74, 6) is 0.959. The van der Waals surface area contributed by atoms with Gasteiger partial charge in [-0.1, -0.05) is 0 Å². The topological polar surface area (TPSA) is 90.2 Å². The van der Waals surface area contributed by atoms with Gasteiger partial charge in [0.25, 0.3) is 11.8 Å². The number of carbonyl (C=O) groups is 2. The minimum absolute atomic E-state index is 0.206. The van der Waals surface area contributed by atoms with Gasteiger partial charge in [0.15, 0.2) is 0 Å². The van der Waals surface area contributed by atoms with Crippen LogP contribution >= 0.6 is 0 Å². The summed E-state index contributed by atoms with van der Waals surface area (Å²) in [5, 5.41) is 9.87. The highest BCUT2D eigenvalue weighted by Gasteiger charge is 2.19. The number of aromatic nitrogens is 3. The van der Waals surface area contributed by atoms with Crippen LogP contribution in [0.4, 0.5) is 0 Å². The predicted molar refractivity (Wildman–Crippen MR) is 110 cm³/mol. The molecule has 0 spiro atoms. The van der Waals surface area contributed by atoms with E-state index in [4.69, 9.17) is 4.74 Å². The molecule has 2 amide bonds. The molecule has 0 bridgehead atoms. The highest BCUT2D eigenvalue weighted by atomic mass is 16.5. The number of hydrogen-bond donors (Lipinski definition) is 2. The van der Waals surface area contributed by atoms with E-state index in [0.29, 0.717) is 35.8 Å². The van der Waals surface area contributed by atoms with Crippen LogP contribution in [0, 0.1) is 13.8 Å². The average molecular weight is 395 g/mol. The third-order valence-corrected chi connectivity index (χ3v) is 4.68. The van der Waals surface area contributed by atoms with Gasteiger partial charge in [-0.25, -0.2) is 0 Å². The first kappa shape index (κ1) is 20.2. The summed E-state index contributed by atoms with van der Waals surface area (Å²) in [4.78, 5) is 24.8. The second kappa shape index (κ2) is 8.64. The summed E-state index contributed by atoms with van der Waals surface area (Å²) < 4.78 is 8.76. The highest BCUT2D eigenvalue weighted by Crippen LogP contribution is 2.19. The van der Waals surface area contributed by atoms with Gasteiger partial charge in [-0.15, -0.1) is 0 Å². The van der Waals surface area contributed by atoms with E-state index < -0.39 is 0 Å². The quantitative estimate of drug-likeness (QED) is 0.599. The molecule has 2 heterocycles. The smallest absolute Gasteiger partial charge is 0.256 e. The Hall–Kier alpha value is -3.55. The van der Waals surface area contributed by atoms with Gasteiger partial charge in [-0.3, -0.25) is 14.3 Å². The largest absolute Gasteiger partial charge is 0.497 e. The second-order valence-corrected chi connectivity index (χ2v) is 6.70. The first-order chi connectivity index (χ1) is 13.9. The van der Waals surface area contributed by atoms with Gasteiger partial charge < -0.3 is 19.9 Å². The summed E-state index contributed by atoms with van der Waals surface area (Å²) >= 11 is 0. The van der Waals surface area contributed by atoms with Gasteiger partial charge in [0.2, 0.25) is 0 Å². The molecule has 2 N–H and O–H groups in total. The minimum Gasteiger partial charge on any atom is -0.497 e. The SMILES string of the molecule is COc1ccc(C(=O)NCCNC(=O)c2cnn(C)c2-n2c(C)ccc2C)cc1. The lowest BCUT2D eigenvalue weighted by atomic mass is 10.2. The van der Waals surface area contributed by atoms with E-state index in [1.807, 2.05) is 30.5 Å². The van der Waals surface area contributed by atoms with Gasteiger partial charge in [-0.05, 0) is 50.2 Å². The highest BCUT2D eigenvalue weighted by molar-refractivity contribution is 5.97. The summed E-state index contributed by atoms with van der Waals surface area (Å²) in [6.45, 7) is 4.58. The molecule has 0 saturated heterocycles. The summed E-state index contributed by atoms with van der Waals surface area (Å²) in [6.07, 6.45) is 1.56. The average Bonchev–Trinajstić information content (AvgIpc) is 3.26. The van der Waals surface area contributed by atoms with E-state index in [1.165, 1.54) is 0 Å². The Labute approximate surface area is 169 Å². The lowest BCUT2D eigenvalue weighted by Gasteiger charge is -2.13. The summed E-state index contributed by atoms with van der Waals surface area (Å²) in [5.41, 5.74) is 3.06. The fraction of sp³-hybridized carbons (Fsp3) is 0.286. The minimum atomic E-state index is -0.237. The molecule has 0 aliphatic carbocycles. The Kier molecular flexibility index (Phi) is 6.01. The van der Waals surface area contributed by atoms with Crippen molar-refractivity contribution in [1.82, 2.24) is 25.0 Å². The molecule has 0 aliphatic heterocycles. The molecule has 8 heteroatoms. The molecular formula is C21H25N5O3. The van der Waals surface area contributed by atoms with Crippen molar-refractivity contribution in [2.75, 3.05) is 20.2 Å². The standard InChI is InChI=1S/C21H25N5O3/c1-14-5-6-15(2)26(14)21-18(13-24-25(21)3)20(28)23-12-11-22-19(27)16-7-9-17(29-4)10-8-16/h5-10,13H,11-12H2,1-4H3,(H,22,27)(H,23,28). The molecule has 3 rings (SSSR count). The van der Waals surface area contributed by atoms with Crippen molar-refractivity contribution in [1.29, 1.82) is 0 Å². The van der Waals surface area contributed by atoms with Gasteiger partial charge in [-0.2, -0.15) is 5.10 Å². The zero-order valence-corrected chi connectivity index (χ0v) is 17.0. The molecule has 0 saturated carbocycles. The normalized spacial score (nSPS) is 10.6. The Morgan fingerprint density at radius 2 is 1.55 bits per heavy atom. The van der Waals surface area contributed by atoms with Crippen molar-refractivity contribution in [3.63, 3.8) is 0 Å². The lowest BCUT2D eigenvalue weighted by Crippen LogP contribution is -2.35. The number of nitrogens with one attached hydrogen (secondary N) is 2. The van der Waals surface area contributed by atoms with Gasteiger partial charge in [0, 0.05) is 37.1 Å². The molecule has 0 unspecified atom stereocenters. The number of ether oxygens (including phenoxy) is 1. The molecular weight excluding hydrogens is 370 g/mol. The first-order valence-electron chi connectivity index (χ1n) is 9.30. The maximum Gasteiger partial charge on any atom is 0.256 e. The molecule has 2 aromatic heterocycles. The van der Waals surface area contributed by atoms with E-state index in [1.54, 1.807) is 49.3 Å². The molecule has 0 radical (unpaired) electrons. The number of carbonyl (C=O) groups excluding carboxylic acids is 2. The van der Waals surface area contributed by atoms with Crippen molar-refractivity contribution in [2.24, 2.45) is 7.05 Å². The molecule has 29 heavy (non-hydrogen) atoms. The Balaban J connectivity index is 1.58. The molecule has 1 aromatic carbocycles. The molecule has 0 atom stereocenters. The van der Waals surface area contributed by atoms with E-state index in [2.05, 4.69) is 15.7 Å². The first-order valence-corrected chi connectivity index (χ1v) is 9.30. The van der Waals surface area contributed by atoms with Crippen molar-refractivity contribution in [2.45, 2.75) is 13.8 Å². The van der Waals surface area contributed by atoms with Crippen LogP contribution in [-0.2, 0) is 7.05 Å². The summed E-state index contributed by atoms with van der Waals surface area (Å²) in [6, 6.07) is 10.8.